The van der Waals surface area contributed by atoms with Crippen molar-refractivity contribution in [2.24, 2.45) is 11.8 Å². The maximum Gasteiger partial charge on any atom is -0.0138 e. The van der Waals surface area contributed by atoms with Gasteiger partial charge in [0.2, 0.25) is 0 Å². The molecule has 0 amide bonds. The SMILES string of the molecule is C1=C(C2CCCC2C2=CCCCCC2)CCCCC1. The predicted octanol–water partition coefficient (Wildman–Crippen LogP) is 6.18. The van der Waals surface area contributed by atoms with Crippen molar-refractivity contribution in [1.29, 1.82) is 0 Å². The molecule has 0 heteroatoms. The molecule has 0 aromatic rings. The number of rotatable bonds is 2. The fourth-order valence-electron chi connectivity index (χ4n) is 4.60. The van der Waals surface area contributed by atoms with Crippen LogP contribution in [0.4, 0.5) is 0 Å². The highest BCUT2D eigenvalue weighted by Crippen LogP contribution is 2.45. The van der Waals surface area contributed by atoms with Gasteiger partial charge < -0.3 is 0 Å². The van der Waals surface area contributed by atoms with E-state index in [1.54, 1.807) is 0 Å². The van der Waals surface area contributed by atoms with Gasteiger partial charge >= 0.3 is 0 Å². The second-order valence-corrected chi connectivity index (χ2v) is 6.90. The van der Waals surface area contributed by atoms with E-state index in [4.69, 9.17) is 0 Å². The lowest BCUT2D eigenvalue weighted by molar-refractivity contribution is 0.470. The van der Waals surface area contributed by atoms with Crippen molar-refractivity contribution in [1.82, 2.24) is 0 Å². The van der Waals surface area contributed by atoms with E-state index in [2.05, 4.69) is 12.2 Å². The average Bonchev–Trinajstić information content (AvgIpc) is 2.67. The summed E-state index contributed by atoms with van der Waals surface area (Å²) >= 11 is 0. The Hall–Kier alpha value is -0.520. The van der Waals surface area contributed by atoms with Gasteiger partial charge in [-0.3, -0.25) is 0 Å². The normalized spacial score (nSPS) is 33.3. The van der Waals surface area contributed by atoms with E-state index < -0.39 is 0 Å². The number of allylic oxidation sites excluding steroid dienone is 4. The van der Waals surface area contributed by atoms with E-state index >= 15 is 0 Å². The fraction of sp³-hybridized carbons (Fsp3) is 0.789. The standard InChI is InChI=1S/C19H30/c1-2-6-11-16(10-5-1)18-14-9-15-19(18)17-12-7-3-4-8-13-17/h10,12,18-19H,1-9,11,13-15H2. The first-order chi connectivity index (χ1) is 9.45. The van der Waals surface area contributed by atoms with Crippen molar-refractivity contribution in [3.8, 4) is 0 Å². The molecule has 0 spiro atoms. The molecule has 3 aliphatic carbocycles. The molecule has 1 saturated carbocycles. The van der Waals surface area contributed by atoms with Crippen molar-refractivity contribution < 1.29 is 0 Å². The summed E-state index contributed by atoms with van der Waals surface area (Å²) in [5.74, 6) is 1.87. The predicted molar refractivity (Wildman–Crippen MR) is 83.2 cm³/mol. The van der Waals surface area contributed by atoms with Crippen molar-refractivity contribution in [2.75, 3.05) is 0 Å². The van der Waals surface area contributed by atoms with E-state index in [0.717, 1.165) is 11.8 Å². The quantitative estimate of drug-likeness (QED) is 0.518. The van der Waals surface area contributed by atoms with Crippen LogP contribution in [-0.2, 0) is 0 Å². The highest BCUT2D eigenvalue weighted by Gasteiger charge is 2.32. The van der Waals surface area contributed by atoms with Crippen LogP contribution in [0.2, 0.25) is 0 Å². The molecule has 3 aliphatic rings. The first-order valence-electron chi connectivity index (χ1n) is 8.83. The third kappa shape index (κ3) is 3.33. The molecule has 0 nitrogen and oxygen atoms in total. The Kier molecular flexibility index (Phi) is 4.80. The molecule has 19 heavy (non-hydrogen) atoms. The lowest BCUT2D eigenvalue weighted by Crippen LogP contribution is -2.13. The van der Waals surface area contributed by atoms with Crippen molar-refractivity contribution in [3.63, 3.8) is 0 Å². The van der Waals surface area contributed by atoms with Crippen molar-refractivity contribution >= 4 is 0 Å². The van der Waals surface area contributed by atoms with Crippen LogP contribution >= 0.6 is 0 Å². The van der Waals surface area contributed by atoms with Crippen LogP contribution in [0.25, 0.3) is 0 Å². The van der Waals surface area contributed by atoms with Gasteiger partial charge in [0, 0.05) is 0 Å². The molecular formula is C19H30. The average molecular weight is 258 g/mol. The van der Waals surface area contributed by atoms with E-state index in [0.29, 0.717) is 0 Å². The molecule has 0 saturated heterocycles. The third-order valence-electron chi connectivity index (χ3n) is 5.62. The third-order valence-corrected chi connectivity index (χ3v) is 5.62. The summed E-state index contributed by atoms with van der Waals surface area (Å²) in [4.78, 5) is 0. The zero-order valence-corrected chi connectivity index (χ0v) is 12.5. The number of hydrogen-bond acceptors (Lipinski definition) is 0. The van der Waals surface area contributed by atoms with E-state index in [9.17, 15) is 0 Å². The Morgan fingerprint density at radius 2 is 1.11 bits per heavy atom. The molecule has 0 bridgehead atoms. The molecule has 0 aromatic heterocycles. The van der Waals surface area contributed by atoms with E-state index in [-0.39, 0.29) is 0 Å². The first-order valence-corrected chi connectivity index (χ1v) is 8.83. The highest BCUT2D eigenvalue weighted by molar-refractivity contribution is 5.20. The summed E-state index contributed by atoms with van der Waals surface area (Å²) in [6.45, 7) is 0. The smallest absolute Gasteiger partial charge is 0.0138 e. The van der Waals surface area contributed by atoms with Crippen molar-refractivity contribution in [3.05, 3.63) is 23.3 Å². The van der Waals surface area contributed by atoms with Crippen molar-refractivity contribution in [2.45, 2.75) is 83.5 Å². The molecule has 0 aliphatic heterocycles. The Morgan fingerprint density at radius 1 is 0.579 bits per heavy atom. The maximum absolute atomic E-state index is 2.63. The van der Waals surface area contributed by atoms with Gasteiger partial charge in [0.05, 0.1) is 0 Å². The zero-order chi connectivity index (χ0) is 12.9. The molecule has 2 unspecified atom stereocenters. The summed E-state index contributed by atoms with van der Waals surface area (Å²) in [7, 11) is 0. The van der Waals surface area contributed by atoms with Crippen LogP contribution in [-0.4, -0.2) is 0 Å². The topological polar surface area (TPSA) is 0 Å². The maximum atomic E-state index is 2.63. The van der Waals surface area contributed by atoms with Gasteiger partial charge in [0.15, 0.2) is 0 Å². The highest BCUT2D eigenvalue weighted by atomic mass is 14.4. The molecule has 2 atom stereocenters. The summed E-state index contributed by atoms with van der Waals surface area (Å²) < 4.78 is 0. The van der Waals surface area contributed by atoms with Crippen LogP contribution in [0, 0.1) is 11.8 Å². The van der Waals surface area contributed by atoms with Crippen LogP contribution < -0.4 is 0 Å². The Labute approximate surface area is 119 Å². The summed E-state index contributed by atoms with van der Waals surface area (Å²) in [5, 5.41) is 0. The van der Waals surface area contributed by atoms with Gasteiger partial charge in [0.1, 0.15) is 0 Å². The summed E-state index contributed by atoms with van der Waals surface area (Å²) in [6, 6.07) is 0. The first kappa shape index (κ1) is 13.5. The second-order valence-electron chi connectivity index (χ2n) is 6.90. The monoisotopic (exact) mass is 258 g/mol. The Morgan fingerprint density at radius 3 is 1.63 bits per heavy atom. The minimum atomic E-state index is 0.933. The molecule has 3 rings (SSSR count). The Balaban J connectivity index is 1.73. The van der Waals surface area contributed by atoms with Crippen LogP contribution in [0.3, 0.4) is 0 Å². The molecule has 0 N–H and O–H groups in total. The van der Waals surface area contributed by atoms with Gasteiger partial charge in [-0.15, -0.1) is 0 Å². The molecular weight excluding hydrogens is 228 g/mol. The lowest BCUT2D eigenvalue weighted by atomic mass is 9.80. The van der Waals surface area contributed by atoms with Gasteiger partial charge in [0.25, 0.3) is 0 Å². The van der Waals surface area contributed by atoms with Crippen LogP contribution in [0.15, 0.2) is 23.3 Å². The molecule has 1 fully saturated rings. The molecule has 106 valence electrons. The second kappa shape index (κ2) is 6.77. The Bertz CT molecular complexity index is 313. The molecule has 0 radical (unpaired) electrons. The van der Waals surface area contributed by atoms with Gasteiger partial charge in [-0.1, -0.05) is 42.6 Å². The largest absolute Gasteiger partial charge is 0.0850 e. The zero-order valence-electron chi connectivity index (χ0n) is 12.5. The lowest BCUT2D eigenvalue weighted by Gasteiger charge is -2.25. The minimum absolute atomic E-state index is 0.933. The molecule has 0 heterocycles. The van der Waals surface area contributed by atoms with Gasteiger partial charge in [-0.25, -0.2) is 0 Å². The summed E-state index contributed by atoms with van der Waals surface area (Å²) in [5.41, 5.74) is 3.70. The van der Waals surface area contributed by atoms with Crippen LogP contribution in [0.5, 0.6) is 0 Å². The van der Waals surface area contributed by atoms with E-state index in [1.165, 1.54) is 83.5 Å². The molecule has 0 aromatic carbocycles. The summed E-state index contributed by atoms with van der Waals surface area (Å²) in [6.07, 6.45) is 23.9. The number of hydrogen-bond donors (Lipinski definition) is 0. The fourth-order valence-corrected chi connectivity index (χ4v) is 4.60. The van der Waals surface area contributed by atoms with E-state index in [1.807, 2.05) is 11.1 Å². The van der Waals surface area contributed by atoms with Crippen LogP contribution in [0.1, 0.15) is 83.5 Å². The van der Waals surface area contributed by atoms with Gasteiger partial charge in [-0.05, 0) is 76.0 Å². The minimum Gasteiger partial charge on any atom is -0.0850 e. The van der Waals surface area contributed by atoms with Gasteiger partial charge in [-0.2, -0.15) is 0 Å².